The van der Waals surface area contributed by atoms with Crippen LogP contribution in [-0.4, -0.2) is 37.8 Å². The number of nitrogens with one attached hydrogen (secondary N) is 1. The van der Waals surface area contributed by atoms with Gasteiger partial charge in [-0.1, -0.05) is 0 Å². The zero-order valence-corrected chi connectivity index (χ0v) is 11.6. The van der Waals surface area contributed by atoms with Crippen molar-refractivity contribution in [3.63, 3.8) is 0 Å². The van der Waals surface area contributed by atoms with Gasteiger partial charge in [-0.05, 0) is 56.8 Å². The molecule has 2 fully saturated rings. The van der Waals surface area contributed by atoms with Crippen molar-refractivity contribution >= 4 is 5.82 Å². The second-order valence-corrected chi connectivity index (χ2v) is 5.63. The van der Waals surface area contributed by atoms with Crippen LogP contribution in [0.5, 0.6) is 5.75 Å². The van der Waals surface area contributed by atoms with Crippen molar-refractivity contribution < 1.29 is 4.74 Å². The molecular weight excluding hydrogens is 238 g/mol. The first-order valence-electron chi connectivity index (χ1n) is 7.34. The van der Waals surface area contributed by atoms with E-state index in [4.69, 9.17) is 4.74 Å². The van der Waals surface area contributed by atoms with E-state index in [2.05, 4.69) is 21.3 Å². The number of anilines is 1. The molecule has 1 N–H and O–H groups in total. The minimum atomic E-state index is 0.718. The maximum absolute atomic E-state index is 5.19. The van der Waals surface area contributed by atoms with Gasteiger partial charge in [-0.25, -0.2) is 4.98 Å². The number of rotatable bonds is 5. The van der Waals surface area contributed by atoms with E-state index in [0.717, 1.165) is 30.1 Å². The van der Waals surface area contributed by atoms with Gasteiger partial charge >= 0.3 is 0 Å². The molecule has 0 bridgehead atoms. The maximum atomic E-state index is 5.19. The Morgan fingerprint density at radius 2 is 2.05 bits per heavy atom. The van der Waals surface area contributed by atoms with Gasteiger partial charge in [-0.2, -0.15) is 0 Å². The van der Waals surface area contributed by atoms with Crippen LogP contribution < -0.4 is 15.0 Å². The van der Waals surface area contributed by atoms with Gasteiger partial charge in [0.05, 0.1) is 13.3 Å². The predicted molar refractivity (Wildman–Crippen MR) is 76.8 cm³/mol. The van der Waals surface area contributed by atoms with E-state index in [1.165, 1.54) is 38.8 Å². The summed E-state index contributed by atoms with van der Waals surface area (Å²) in [5.74, 6) is 2.76. The fourth-order valence-electron chi connectivity index (χ4n) is 2.82. The minimum absolute atomic E-state index is 0.718. The Morgan fingerprint density at radius 1 is 1.26 bits per heavy atom. The Hall–Kier alpha value is -1.29. The Bertz CT molecular complexity index is 396. The Balaban J connectivity index is 1.68. The summed E-state index contributed by atoms with van der Waals surface area (Å²) < 4.78 is 5.19. The second kappa shape index (κ2) is 5.78. The molecule has 1 aromatic heterocycles. The molecule has 3 rings (SSSR count). The summed E-state index contributed by atoms with van der Waals surface area (Å²) in [6, 6.07) is 4.83. The number of methoxy groups -OCH3 is 1. The third-order valence-corrected chi connectivity index (χ3v) is 4.15. The topological polar surface area (TPSA) is 37.4 Å². The van der Waals surface area contributed by atoms with Gasteiger partial charge in [0.15, 0.2) is 0 Å². The highest BCUT2D eigenvalue weighted by Crippen LogP contribution is 2.32. The fourth-order valence-corrected chi connectivity index (χ4v) is 2.82. The van der Waals surface area contributed by atoms with Crippen molar-refractivity contribution in [3.8, 4) is 5.75 Å². The molecule has 104 valence electrons. The SMILES string of the molecule is COc1ccc(N(CC2CCNCC2)C2CC2)nc1. The summed E-state index contributed by atoms with van der Waals surface area (Å²) in [5, 5.41) is 3.44. The van der Waals surface area contributed by atoms with Crippen molar-refractivity contribution in [1.82, 2.24) is 10.3 Å². The third kappa shape index (κ3) is 3.18. The molecule has 2 aliphatic rings. The lowest BCUT2D eigenvalue weighted by molar-refractivity contribution is 0.372. The number of nitrogens with zero attached hydrogens (tertiary/aromatic N) is 2. The molecule has 19 heavy (non-hydrogen) atoms. The largest absolute Gasteiger partial charge is 0.495 e. The number of hydrogen-bond donors (Lipinski definition) is 1. The van der Waals surface area contributed by atoms with Crippen LogP contribution in [0.3, 0.4) is 0 Å². The average Bonchev–Trinajstić information content (AvgIpc) is 3.31. The van der Waals surface area contributed by atoms with Crippen molar-refractivity contribution in [3.05, 3.63) is 18.3 Å². The van der Waals surface area contributed by atoms with Gasteiger partial charge in [0.1, 0.15) is 11.6 Å². The van der Waals surface area contributed by atoms with Crippen molar-refractivity contribution in [2.45, 2.75) is 31.7 Å². The van der Waals surface area contributed by atoms with Gasteiger partial charge in [-0.15, -0.1) is 0 Å². The first-order chi connectivity index (χ1) is 9.36. The van der Waals surface area contributed by atoms with Crippen LogP contribution in [-0.2, 0) is 0 Å². The fraction of sp³-hybridized carbons (Fsp3) is 0.667. The second-order valence-electron chi connectivity index (χ2n) is 5.63. The van der Waals surface area contributed by atoms with Gasteiger partial charge < -0.3 is 15.0 Å². The molecule has 1 saturated carbocycles. The molecule has 0 radical (unpaired) electrons. The molecule has 1 aromatic rings. The number of pyridine rings is 1. The van der Waals surface area contributed by atoms with Crippen LogP contribution in [0.25, 0.3) is 0 Å². The predicted octanol–water partition coefficient (Wildman–Crippen LogP) is 2.06. The summed E-state index contributed by atoms with van der Waals surface area (Å²) in [4.78, 5) is 7.07. The van der Waals surface area contributed by atoms with Gasteiger partial charge in [0, 0.05) is 12.6 Å². The maximum Gasteiger partial charge on any atom is 0.137 e. The van der Waals surface area contributed by atoms with E-state index >= 15 is 0 Å². The molecule has 0 atom stereocenters. The van der Waals surface area contributed by atoms with Crippen LogP contribution >= 0.6 is 0 Å². The van der Waals surface area contributed by atoms with Crippen LogP contribution in [0.2, 0.25) is 0 Å². The zero-order chi connectivity index (χ0) is 13.1. The van der Waals surface area contributed by atoms with Crippen molar-refractivity contribution in [1.29, 1.82) is 0 Å². The molecular formula is C15H23N3O. The van der Waals surface area contributed by atoms with Crippen LogP contribution in [0.1, 0.15) is 25.7 Å². The first-order valence-corrected chi connectivity index (χ1v) is 7.34. The Labute approximate surface area is 115 Å². The highest BCUT2D eigenvalue weighted by molar-refractivity contribution is 5.43. The molecule has 2 heterocycles. The van der Waals surface area contributed by atoms with E-state index in [9.17, 15) is 0 Å². The molecule has 0 unspecified atom stereocenters. The smallest absolute Gasteiger partial charge is 0.137 e. The molecule has 0 spiro atoms. The number of ether oxygens (including phenoxy) is 1. The van der Waals surface area contributed by atoms with E-state index < -0.39 is 0 Å². The first kappa shape index (κ1) is 12.7. The van der Waals surface area contributed by atoms with Gasteiger partial charge in [0.25, 0.3) is 0 Å². The lowest BCUT2D eigenvalue weighted by Gasteiger charge is -2.31. The van der Waals surface area contributed by atoms with Gasteiger partial charge in [-0.3, -0.25) is 0 Å². The molecule has 0 aromatic carbocycles. The Morgan fingerprint density at radius 3 is 2.63 bits per heavy atom. The highest BCUT2D eigenvalue weighted by Gasteiger charge is 2.31. The molecule has 1 aliphatic heterocycles. The summed E-state index contributed by atoms with van der Waals surface area (Å²) in [7, 11) is 1.68. The normalized spacial score (nSPS) is 20.3. The minimum Gasteiger partial charge on any atom is -0.495 e. The summed E-state index contributed by atoms with van der Waals surface area (Å²) in [5.41, 5.74) is 0. The Kier molecular flexibility index (Phi) is 3.87. The number of hydrogen-bond acceptors (Lipinski definition) is 4. The van der Waals surface area contributed by atoms with Gasteiger partial charge in [0.2, 0.25) is 0 Å². The van der Waals surface area contributed by atoms with Crippen molar-refractivity contribution in [2.75, 3.05) is 31.6 Å². The molecule has 1 aliphatic carbocycles. The molecule has 0 amide bonds. The zero-order valence-electron chi connectivity index (χ0n) is 11.6. The van der Waals surface area contributed by atoms with E-state index in [-0.39, 0.29) is 0 Å². The monoisotopic (exact) mass is 261 g/mol. The summed E-state index contributed by atoms with van der Waals surface area (Å²) in [6.45, 7) is 3.49. The average molecular weight is 261 g/mol. The van der Waals surface area contributed by atoms with Crippen molar-refractivity contribution in [2.24, 2.45) is 5.92 Å². The quantitative estimate of drug-likeness (QED) is 0.880. The van der Waals surface area contributed by atoms with E-state index in [1.54, 1.807) is 7.11 Å². The number of aromatic nitrogens is 1. The summed E-state index contributed by atoms with van der Waals surface area (Å²) >= 11 is 0. The standard InChI is InChI=1S/C15H23N3O/c1-19-14-4-5-15(17-10-14)18(13-2-3-13)11-12-6-8-16-9-7-12/h4-5,10,12-13,16H,2-3,6-9,11H2,1H3. The van der Waals surface area contributed by atoms with Crippen LogP contribution in [0.15, 0.2) is 18.3 Å². The number of piperidine rings is 1. The molecule has 4 heteroatoms. The lowest BCUT2D eigenvalue weighted by atomic mass is 9.97. The lowest BCUT2D eigenvalue weighted by Crippen LogP contribution is -2.37. The summed E-state index contributed by atoms with van der Waals surface area (Å²) in [6.07, 6.45) is 7.04. The molecule has 1 saturated heterocycles. The van der Waals surface area contributed by atoms with E-state index in [1.807, 2.05) is 12.3 Å². The van der Waals surface area contributed by atoms with E-state index in [0.29, 0.717) is 0 Å². The third-order valence-electron chi connectivity index (χ3n) is 4.15. The highest BCUT2D eigenvalue weighted by atomic mass is 16.5. The van der Waals surface area contributed by atoms with Crippen LogP contribution in [0.4, 0.5) is 5.82 Å². The van der Waals surface area contributed by atoms with Crippen LogP contribution in [0, 0.1) is 5.92 Å². The molecule has 4 nitrogen and oxygen atoms in total.